The third-order valence-electron chi connectivity index (χ3n) is 2.54. The van der Waals surface area contributed by atoms with Gasteiger partial charge in [-0.2, -0.15) is 5.10 Å². The molecule has 1 aliphatic rings. The summed E-state index contributed by atoms with van der Waals surface area (Å²) in [5.74, 6) is 0.600. The maximum absolute atomic E-state index is 5.44. The molecule has 0 radical (unpaired) electrons. The van der Waals surface area contributed by atoms with Crippen LogP contribution in [-0.2, 0) is 13.6 Å². The van der Waals surface area contributed by atoms with E-state index in [2.05, 4.69) is 25.9 Å². The van der Waals surface area contributed by atoms with Crippen molar-refractivity contribution >= 4 is 11.7 Å². The highest BCUT2D eigenvalue weighted by Crippen LogP contribution is 2.19. The lowest BCUT2D eigenvalue weighted by Gasteiger charge is -1.96. The standard InChI is InChI=1S/C10H14N6O/c1-16-6-8(4-12-16)13-10-15-14-9(17-10)5-11-7-2-3-7/h4,6-7,11H,2-3,5H2,1H3,(H,13,15). The SMILES string of the molecule is Cn1cc(Nc2nnc(CNC3CC3)o2)cn1. The van der Waals surface area contributed by atoms with Gasteiger partial charge in [0.25, 0.3) is 0 Å². The summed E-state index contributed by atoms with van der Waals surface area (Å²) < 4.78 is 7.14. The Bertz CT molecular complexity index is 500. The highest BCUT2D eigenvalue weighted by Gasteiger charge is 2.21. The number of rotatable bonds is 5. The lowest BCUT2D eigenvalue weighted by molar-refractivity contribution is 0.478. The van der Waals surface area contributed by atoms with E-state index in [1.165, 1.54) is 12.8 Å². The zero-order valence-corrected chi connectivity index (χ0v) is 9.55. The van der Waals surface area contributed by atoms with E-state index in [-0.39, 0.29) is 0 Å². The molecule has 90 valence electrons. The van der Waals surface area contributed by atoms with Crippen molar-refractivity contribution in [1.82, 2.24) is 25.3 Å². The Kier molecular flexibility index (Phi) is 2.52. The fourth-order valence-corrected chi connectivity index (χ4v) is 1.50. The van der Waals surface area contributed by atoms with Crippen LogP contribution in [0.4, 0.5) is 11.7 Å². The Morgan fingerprint density at radius 2 is 2.35 bits per heavy atom. The van der Waals surface area contributed by atoms with Crippen LogP contribution >= 0.6 is 0 Å². The van der Waals surface area contributed by atoms with E-state index in [1.54, 1.807) is 10.9 Å². The van der Waals surface area contributed by atoms with Crippen LogP contribution < -0.4 is 10.6 Å². The first-order chi connectivity index (χ1) is 8.29. The second-order valence-electron chi connectivity index (χ2n) is 4.18. The van der Waals surface area contributed by atoms with E-state index in [9.17, 15) is 0 Å². The number of nitrogens with one attached hydrogen (secondary N) is 2. The van der Waals surface area contributed by atoms with Gasteiger partial charge in [0.2, 0.25) is 5.89 Å². The zero-order chi connectivity index (χ0) is 11.7. The molecule has 1 saturated carbocycles. The predicted molar refractivity (Wildman–Crippen MR) is 60.7 cm³/mol. The largest absolute Gasteiger partial charge is 0.406 e. The maximum atomic E-state index is 5.44. The number of aromatic nitrogens is 4. The Labute approximate surface area is 98.2 Å². The number of hydrogen-bond donors (Lipinski definition) is 2. The van der Waals surface area contributed by atoms with Crippen LogP contribution in [-0.4, -0.2) is 26.0 Å². The fourth-order valence-electron chi connectivity index (χ4n) is 1.50. The molecule has 0 atom stereocenters. The third-order valence-corrected chi connectivity index (χ3v) is 2.54. The smallest absolute Gasteiger partial charge is 0.320 e. The maximum Gasteiger partial charge on any atom is 0.320 e. The molecular formula is C10H14N6O. The molecule has 2 aromatic rings. The molecule has 0 aromatic carbocycles. The monoisotopic (exact) mass is 234 g/mol. The molecule has 0 unspecified atom stereocenters. The number of nitrogens with zero attached hydrogens (tertiary/aromatic N) is 4. The molecule has 7 heteroatoms. The molecule has 0 aliphatic heterocycles. The predicted octanol–water partition coefficient (Wildman–Crippen LogP) is 0.799. The van der Waals surface area contributed by atoms with Crippen molar-refractivity contribution < 1.29 is 4.42 Å². The molecule has 1 fully saturated rings. The first-order valence-electron chi connectivity index (χ1n) is 5.61. The third kappa shape index (κ3) is 2.62. The Morgan fingerprint density at radius 3 is 3.06 bits per heavy atom. The molecule has 2 N–H and O–H groups in total. The molecule has 2 aromatic heterocycles. The number of aryl methyl sites for hydroxylation is 1. The molecule has 0 spiro atoms. The number of hydrogen-bond acceptors (Lipinski definition) is 6. The Morgan fingerprint density at radius 1 is 1.47 bits per heavy atom. The van der Waals surface area contributed by atoms with Gasteiger partial charge >= 0.3 is 6.01 Å². The highest BCUT2D eigenvalue weighted by atomic mass is 16.4. The lowest BCUT2D eigenvalue weighted by atomic mass is 10.6. The summed E-state index contributed by atoms with van der Waals surface area (Å²) >= 11 is 0. The first kappa shape index (κ1) is 10.3. The molecule has 2 heterocycles. The van der Waals surface area contributed by atoms with Crippen LogP contribution in [0.15, 0.2) is 16.8 Å². The second kappa shape index (κ2) is 4.17. The summed E-state index contributed by atoms with van der Waals surface area (Å²) in [5, 5.41) is 18.2. The quantitative estimate of drug-likeness (QED) is 0.796. The van der Waals surface area contributed by atoms with Crippen molar-refractivity contribution in [1.29, 1.82) is 0 Å². The van der Waals surface area contributed by atoms with E-state index in [4.69, 9.17) is 4.42 Å². The van der Waals surface area contributed by atoms with Crippen LogP contribution in [0.5, 0.6) is 0 Å². The summed E-state index contributed by atoms with van der Waals surface area (Å²) in [4.78, 5) is 0. The van der Waals surface area contributed by atoms with Gasteiger partial charge in [0.1, 0.15) is 0 Å². The topological polar surface area (TPSA) is 80.8 Å². The summed E-state index contributed by atoms with van der Waals surface area (Å²) in [5.41, 5.74) is 0.831. The molecule has 1 aliphatic carbocycles. The minimum Gasteiger partial charge on any atom is -0.406 e. The van der Waals surface area contributed by atoms with Gasteiger partial charge < -0.3 is 15.1 Å². The average Bonchev–Trinajstić information content (AvgIpc) is 2.90. The number of anilines is 2. The normalized spacial score (nSPS) is 15.1. The van der Waals surface area contributed by atoms with Gasteiger partial charge in [-0.05, 0) is 12.8 Å². The van der Waals surface area contributed by atoms with Crippen molar-refractivity contribution in [3.8, 4) is 0 Å². The van der Waals surface area contributed by atoms with Crippen molar-refractivity contribution in [2.45, 2.75) is 25.4 Å². The van der Waals surface area contributed by atoms with E-state index >= 15 is 0 Å². The summed E-state index contributed by atoms with van der Waals surface area (Å²) in [6, 6.07) is 1.03. The van der Waals surface area contributed by atoms with Gasteiger partial charge in [-0.1, -0.05) is 5.10 Å². The van der Waals surface area contributed by atoms with Crippen molar-refractivity contribution in [3.63, 3.8) is 0 Å². The van der Waals surface area contributed by atoms with Crippen LogP contribution in [0.1, 0.15) is 18.7 Å². The average molecular weight is 234 g/mol. The van der Waals surface area contributed by atoms with Gasteiger partial charge in [-0.25, -0.2) is 0 Å². The van der Waals surface area contributed by atoms with Crippen molar-refractivity contribution in [3.05, 3.63) is 18.3 Å². The summed E-state index contributed by atoms with van der Waals surface area (Å²) in [7, 11) is 1.85. The van der Waals surface area contributed by atoms with E-state index in [0.717, 1.165) is 5.69 Å². The van der Waals surface area contributed by atoms with Gasteiger partial charge in [-0.3, -0.25) is 4.68 Å². The first-order valence-corrected chi connectivity index (χ1v) is 5.61. The van der Waals surface area contributed by atoms with Crippen molar-refractivity contribution in [2.75, 3.05) is 5.32 Å². The zero-order valence-electron chi connectivity index (χ0n) is 9.55. The van der Waals surface area contributed by atoms with Gasteiger partial charge in [-0.15, -0.1) is 5.10 Å². The summed E-state index contributed by atoms with van der Waals surface area (Å²) in [6.45, 7) is 0.631. The molecule has 3 rings (SSSR count). The molecule has 17 heavy (non-hydrogen) atoms. The molecule has 0 saturated heterocycles. The Balaban J connectivity index is 1.59. The molecule has 0 bridgehead atoms. The van der Waals surface area contributed by atoms with Gasteiger partial charge in [0.05, 0.1) is 18.4 Å². The lowest BCUT2D eigenvalue weighted by Crippen LogP contribution is -2.15. The summed E-state index contributed by atoms with van der Waals surface area (Å²) in [6.07, 6.45) is 6.03. The minimum atomic E-state index is 0.394. The van der Waals surface area contributed by atoms with Crippen molar-refractivity contribution in [2.24, 2.45) is 7.05 Å². The highest BCUT2D eigenvalue weighted by molar-refractivity contribution is 5.48. The van der Waals surface area contributed by atoms with Crippen LogP contribution in [0.2, 0.25) is 0 Å². The minimum absolute atomic E-state index is 0.394. The van der Waals surface area contributed by atoms with Crippen LogP contribution in [0.3, 0.4) is 0 Å². The van der Waals surface area contributed by atoms with E-state index < -0.39 is 0 Å². The van der Waals surface area contributed by atoms with E-state index in [0.29, 0.717) is 24.5 Å². The molecule has 0 amide bonds. The molecule has 7 nitrogen and oxygen atoms in total. The van der Waals surface area contributed by atoms with Crippen LogP contribution in [0, 0.1) is 0 Å². The van der Waals surface area contributed by atoms with Crippen LogP contribution in [0.25, 0.3) is 0 Å². The second-order valence-corrected chi connectivity index (χ2v) is 4.18. The van der Waals surface area contributed by atoms with Gasteiger partial charge in [0, 0.05) is 19.3 Å². The Hall–Kier alpha value is -1.89. The van der Waals surface area contributed by atoms with E-state index in [1.807, 2.05) is 13.2 Å². The fraction of sp³-hybridized carbons (Fsp3) is 0.500. The molecular weight excluding hydrogens is 220 g/mol. The van der Waals surface area contributed by atoms with Gasteiger partial charge in [0.15, 0.2) is 0 Å².